The third-order valence-corrected chi connectivity index (χ3v) is 3.08. The normalized spacial score (nSPS) is 28.5. The van der Waals surface area contributed by atoms with E-state index >= 15 is 0 Å². The van der Waals surface area contributed by atoms with Crippen LogP contribution in [0.1, 0.15) is 26.2 Å². The minimum Gasteiger partial charge on any atom is -0.392 e. The molecule has 1 N–H and O–H groups in total. The minimum absolute atomic E-state index is 0.131. The Balaban J connectivity index is 2.06. The number of hydrogen-bond donors (Lipinski definition) is 1. The highest BCUT2D eigenvalue weighted by atomic mass is 16.3. The highest BCUT2D eigenvalue weighted by Crippen LogP contribution is 2.48. The number of aliphatic hydroxyl groups excluding tert-OH is 1. The number of nitrogens with zero attached hydrogens (tertiary/aromatic N) is 2. The molecule has 0 aromatic carbocycles. The number of carbonyl (C=O) groups excluding carboxylic acids is 1. The van der Waals surface area contributed by atoms with Gasteiger partial charge in [0.05, 0.1) is 12.6 Å². The Labute approximate surface area is 78.1 Å². The quantitative estimate of drug-likeness (QED) is 0.656. The number of amides is 1. The number of rotatable bonds is 2. The Bertz CT molecular complexity index is 236. The fourth-order valence-electron chi connectivity index (χ4n) is 2.03. The van der Waals surface area contributed by atoms with E-state index in [-0.39, 0.29) is 11.4 Å². The first-order chi connectivity index (χ1) is 6.05. The van der Waals surface area contributed by atoms with E-state index in [9.17, 15) is 9.90 Å². The van der Waals surface area contributed by atoms with Crippen LogP contribution < -0.4 is 0 Å². The van der Waals surface area contributed by atoms with Crippen molar-refractivity contribution in [2.75, 3.05) is 13.6 Å². The third-order valence-electron chi connectivity index (χ3n) is 3.08. The van der Waals surface area contributed by atoms with E-state index in [0.29, 0.717) is 13.0 Å². The lowest BCUT2D eigenvalue weighted by molar-refractivity contribution is -0.139. The summed E-state index contributed by atoms with van der Waals surface area (Å²) < 4.78 is 0. The molecule has 74 valence electrons. The largest absolute Gasteiger partial charge is 0.392 e. The Morgan fingerprint density at radius 3 is 2.62 bits per heavy atom. The van der Waals surface area contributed by atoms with Crippen LogP contribution in [0.25, 0.3) is 0 Å². The first-order valence-electron chi connectivity index (χ1n) is 4.77. The maximum Gasteiger partial charge on any atom is 0.238 e. The summed E-state index contributed by atoms with van der Waals surface area (Å²) in [6.45, 7) is 2.14. The van der Waals surface area contributed by atoms with Crippen molar-refractivity contribution in [3.8, 4) is 0 Å². The molecular formula is C9H16N2O2. The van der Waals surface area contributed by atoms with Gasteiger partial charge in [0, 0.05) is 19.0 Å². The fourth-order valence-corrected chi connectivity index (χ4v) is 2.03. The van der Waals surface area contributed by atoms with Gasteiger partial charge < -0.3 is 5.11 Å². The summed E-state index contributed by atoms with van der Waals surface area (Å²) in [7, 11) is 1.94. The summed E-state index contributed by atoms with van der Waals surface area (Å²) in [5, 5.41) is 12.9. The van der Waals surface area contributed by atoms with Gasteiger partial charge in [0.1, 0.15) is 0 Å². The Morgan fingerprint density at radius 1 is 1.62 bits per heavy atom. The molecule has 4 nitrogen and oxygen atoms in total. The maximum absolute atomic E-state index is 11.5. The summed E-state index contributed by atoms with van der Waals surface area (Å²) in [4.78, 5) is 11.5. The molecule has 1 heterocycles. The lowest BCUT2D eigenvalue weighted by atomic mass is 10.2. The highest BCUT2D eigenvalue weighted by molar-refractivity contribution is 5.80. The van der Waals surface area contributed by atoms with Crippen LogP contribution in [-0.4, -0.2) is 46.3 Å². The van der Waals surface area contributed by atoms with Crippen LogP contribution in [0.3, 0.4) is 0 Å². The van der Waals surface area contributed by atoms with Gasteiger partial charge in [0.25, 0.3) is 0 Å². The van der Waals surface area contributed by atoms with Gasteiger partial charge in [-0.15, -0.1) is 0 Å². The van der Waals surface area contributed by atoms with Crippen LogP contribution in [0.2, 0.25) is 0 Å². The smallest absolute Gasteiger partial charge is 0.238 e. The molecule has 2 fully saturated rings. The zero-order valence-electron chi connectivity index (χ0n) is 8.16. The molecule has 4 heteroatoms. The van der Waals surface area contributed by atoms with Crippen LogP contribution >= 0.6 is 0 Å². The van der Waals surface area contributed by atoms with Gasteiger partial charge in [-0.05, 0) is 19.8 Å². The molecule has 2 aliphatic rings. The molecule has 0 radical (unpaired) electrons. The van der Waals surface area contributed by atoms with Crippen molar-refractivity contribution in [3.05, 3.63) is 0 Å². The van der Waals surface area contributed by atoms with Gasteiger partial charge in [0.2, 0.25) is 5.91 Å². The van der Waals surface area contributed by atoms with Crippen molar-refractivity contribution >= 4 is 5.91 Å². The van der Waals surface area contributed by atoms with Crippen molar-refractivity contribution < 1.29 is 9.90 Å². The first kappa shape index (κ1) is 8.97. The Hall–Kier alpha value is -0.610. The number of aliphatic hydroxyl groups is 1. The number of hydrazine groups is 1. The summed E-state index contributed by atoms with van der Waals surface area (Å²) in [6.07, 6.45) is 2.42. The molecular weight excluding hydrogens is 168 g/mol. The Kier molecular flexibility index (Phi) is 1.85. The zero-order chi connectivity index (χ0) is 9.64. The van der Waals surface area contributed by atoms with E-state index in [0.717, 1.165) is 12.8 Å². The van der Waals surface area contributed by atoms with E-state index in [1.807, 2.05) is 12.1 Å². The second-order valence-electron chi connectivity index (χ2n) is 4.25. The highest BCUT2D eigenvalue weighted by Gasteiger charge is 2.56. The molecule has 13 heavy (non-hydrogen) atoms. The predicted molar refractivity (Wildman–Crippen MR) is 47.7 cm³/mol. The molecule has 1 saturated carbocycles. The van der Waals surface area contributed by atoms with Gasteiger partial charge in [-0.25, -0.2) is 5.01 Å². The van der Waals surface area contributed by atoms with E-state index in [1.165, 1.54) is 0 Å². The average Bonchev–Trinajstić information content (AvgIpc) is 2.75. The molecule has 1 aliphatic carbocycles. The summed E-state index contributed by atoms with van der Waals surface area (Å²) in [5.41, 5.74) is 0.131. The van der Waals surface area contributed by atoms with Crippen molar-refractivity contribution in [1.82, 2.24) is 10.0 Å². The molecule has 0 aromatic rings. The van der Waals surface area contributed by atoms with Gasteiger partial charge in [-0.3, -0.25) is 9.80 Å². The van der Waals surface area contributed by atoms with Crippen LogP contribution in [0.15, 0.2) is 0 Å². The fraction of sp³-hybridized carbons (Fsp3) is 0.889. The number of carbonyl (C=O) groups is 1. The maximum atomic E-state index is 11.5. The second-order valence-corrected chi connectivity index (χ2v) is 4.25. The van der Waals surface area contributed by atoms with E-state index in [2.05, 4.69) is 0 Å². The van der Waals surface area contributed by atoms with Crippen LogP contribution in [0.5, 0.6) is 0 Å². The molecule has 0 aromatic heterocycles. The van der Waals surface area contributed by atoms with Gasteiger partial charge in [0.15, 0.2) is 0 Å². The van der Waals surface area contributed by atoms with Gasteiger partial charge in [-0.1, -0.05) is 0 Å². The average molecular weight is 184 g/mol. The molecule has 1 spiro atoms. The lowest BCUT2D eigenvalue weighted by Crippen LogP contribution is -2.43. The summed E-state index contributed by atoms with van der Waals surface area (Å²) in [5.74, 6) is 0.154. The number of hydrogen-bond acceptors (Lipinski definition) is 3. The predicted octanol–water partition coefficient (Wildman–Crippen LogP) is -0.0211. The molecule has 2 rings (SSSR count). The topological polar surface area (TPSA) is 43.8 Å². The zero-order valence-corrected chi connectivity index (χ0v) is 8.16. The third kappa shape index (κ3) is 1.34. The standard InChI is InChI=1S/C9H16N2O2/c1-7(12)6-11-8(13)5-9(3-4-9)10(11)2/h7,12H,3-6H2,1-2H3. The van der Waals surface area contributed by atoms with Crippen molar-refractivity contribution in [2.24, 2.45) is 0 Å². The van der Waals surface area contributed by atoms with Crippen molar-refractivity contribution in [2.45, 2.75) is 37.8 Å². The monoisotopic (exact) mass is 184 g/mol. The molecule has 1 aliphatic heterocycles. The van der Waals surface area contributed by atoms with Gasteiger partial charge >= 0.3 is 0 Å². The molecule has 1 saturated heterocycles. The van der Waals surface area contributed by atoms with Crippen LogP contribution in [-0.2, 0) is 4.79 Å². The number of β-amino-alcohol motifs (C(OH)–C–C–N with tert-alkyl or cyclic N) is 1. The van der Waals surface area contributed by atoms with Crippen LogP contribution in [0, 0.1) is 0 Å². The minimum atomic E-state index is -0.444. The molecule has 1 unspecified atom stereocenters. The first-order valence-corrected chi connectivity index (χ1v) is 4.77. The summed E-state index contributed by atoms with van der Waals surface area (Å²) >= 11 is 0. The van der Waals surface area contributed by atoms with E-state index in [1.54, 1.807) is 11.9 Å². The van der Waals surface area contributed by atoms with Crippen molar-refractivity contribution in [3.63, 3.8) is 0 Å². The van der Waals surface area contributed by atoms with Gasteiger partial charge in [-0.2, -0.15) is 0 Å². The molecule has 1 atom stereocenters. The lowest BCUT2D eigenvalue weighted by Gasteiger charge is -2.29. The van der Waals surface area contributed by atoms with E-state index in [4.69, 9.17) is 0 Å². The molecule has 1 amide bonds. The Morgan fingerprint density at radius 2 is 2.23 bits per heavy atom. The van der Waals surface area contributed by atoms with Crippen LogP contribution in [0.4, 0.5) is 0 Å². The molecule has 0 bridgehead atoms. The SMILES string of the molecule is CC(O)CN1C(=O)CC2(CC2)N1C. The van der Waals surface area contributed by atoms with Crippen molar-refractivity contribution in [1.29, 1.82) is 0 Å². The van der Waals surface area contributed by atoms with E-state index < -0.39 is 6.10 Å². The second kappa shape index (κ2) is 2.69. The summed E-state index contributed by atoms with van der Waals surface area (Å²) in [6, 6.07) is 0.